The lowest BCUT2D eigenvalue weighted by Crippen LogP contribution is -2.44. The lowest BCUT2D eigenvalue weighted by molar-refractivity contribution is 0.0626. The van der Waals surface area contributed by atoms with Crippen molar-refractivity contribution in [3.05, 3.63) is 65.1 Å². The fourth-order valence-electron chi connectivity index (χ4n) is 4.36. The Balaban J connectivity index is 0.00000231. The Bertz CT molecular complexity index is 1120. The van der Waals surface area contributed by atoms with Crippen LogP contribution in [0.3, 0.4) is 0 Å². The molecule has 6 nitrogen and oxygen atoms in total. The maximum Gasteiger partial charge on any atom is 0.261 e. The van der Waals surface area contributed by atoms with Gasteiger partial charge >= 0.3 is 0 Å². The van der Waals surface area contributed by atoms with Crippen molar-refractivity contribution < 1.29 is 18.5 Å². The molecule has 5 rings (SSSR count). The molecule has 2 amide bonds. The van der Waals surface area contributed by atoms with Crippen LogP contribution >= 0.6 is 35.0 Å². The molecule has 2 atom stereocenters. The van der Waals surface area contributed by atoms with Gasteiger partial charge < -0.3 is 4.52 Å². The lowest BCUT2D eigenvalue weighted by Gasteiger charge is -2.36. The Kier molecular flexibility index (Phi) is 6.32. The second-order valence-corrected chi connectivity index (χ2v) is 9.15. The van der Waals surface area contributed by atoms with E-state index in [2.05, 4.69) is 32.6 Å². The second kappa shape index (κ2) is 8.84. The second-order valence-electron chi connectivity index (χ2n) is 7.71. The number of likely N-dealkylation sites (tertiary alicyclic amines) is 1. The molecule has 3 aromatic rings. The summed E-state index contributed by atoms with van der Waals surface area (Å²) in [4.78, 5) is 28.8. The summed E-state index contributed by atoms with van der Waals surface area (Å²) in [6.07, 6.45) is 1.77. The molecule has 2 aliphatic heterocycles. The highest BCUT2D eigenvalue weighted by Gasteiger charge is 2.36. The van der Waals surface area contributed by atoms with Gasteiger partial charge in [0, 0.05) is 30.5 Å². The molecule has 0 spiro atoms. The molecular weight excluding hydrogens is 536 g/mol. The van der Waals surface area contributed by atoms with Crippen molar-refractivity contribution in [1.82, 2.24) is 15.0 Å². The molecule has 162 valence electrons. The van der Waals surface area contributed by atoms with Crippen LogP contribution in [0, 0.1) is 5.82 Å². The van der Waals surface area contributed by atoms with Gasteiger partial charge in [-0.1, -0.05) is 39.9 Å². The summed E-state index contributed by atoms with van der Waals surface area (Å²) in [7, 11) is 0. The quantitative estimate of drug-likeness (QED) is 0.203. The summed E-state index contributed by atoms with van der Waals surface area (Å²) in [6, 6.07) is 11.5. The summed E-state index contributed by atoms with van der Waals surface area (Å²) in [6.45, 7) is 1.84. The molecule has 2 aromatic carbocycles. The third-order valence-corrected chi connectivity index (χ3v) is 7.27. The summed E-state index contributed by atoms with van der Waals surface area (Å²) in [5.41, 5.74) is 2.33. The van der Waals surface area contributed by atoms with Crippen LogP contribution in [0.1, 0.15) is 45.2 Å². The molecule has 1 fully saturated rings. The number of nitrogens with zero attached hydrogens (tertiary/aromatic N) is 3. The zero-order chi connectivity index (χ0) is 20.8. The van der Waals surface area contributed by atoms with Crippen molar-refractivity contribution in [3.63, 3.8) is 0 Å². The van der Waals surface area contributed by atoms with Gasteiger partial charge in [-0.25, -0.2) is 4.39 Å². The van der Waals surface area contributed by atoms with Crippen molar-refractivity contribution >= 4 is 57.8 Å². The Labute approximate surface area is 198 Å². The van der Waals surface area contributed by atoms with E-state index < -0.39 is 0 Å². The number of piperidine rings is 1. The van der Waals surface area contributed by atoms with Crippen LogP contribution in [0.15, 0.2) is 47.0 Å². The number of benzene rings is 2. The fourth-order valence-corrected chi connectivity index (χ4v) is 5.53. The minimum atomic E-state index is -0.333. The van der Waals surface area contributed by atoms with Gasteiger partial charge in [-0.3, -0.25) is 19.4 Å². The van der Waals surface area contributed by atoms with Crippen LogP contribution in [0.2, 0.25) is 0 Å². The van der Waals surface area contributed by atoms with Gasteiger partial charge in [-0.2, -0.15) is 0 Å². The Morgan fingerprint density at radius 1 is 1.10 bits per heavy atom. The van der Waals surface area contributed by atoms with E-state index in [0.29, 0.717) is 29.8 Å². The van der Waals surface area contributed by atoms with Gasteiger partial charge in [-0.05, 0) is 43.7 Å². The SMILES string of the molecule is Cl.O=C1c2ccccc2C(=O)N1CCN1CCC(c2noc3cc(F)ccc23)CC1I. The number of halogens is 3. The number of fused-ring (bicyclic) bond motifs is 2. The number of carbonyl (C=O) groups excluding carboxylic acids is 2. The largest absolute Gasteiger partial charge is 0.356 e. The van der Waals surface area contributed by atoms with Gasteiger partial charge in [0.25, 0.3) is 11.8 Å². The first kappa shape index (κ1) is 22.2. The molecule has 2 aliphatic rings. The highest BCUT2D eigenvalue weighted by Crippen LogP contribution is 2.37. The molecule has 0 radical (unpaired) electrons. The number of imide groups is 1. The summed E-state index contributed by atoms with van der Waals surface area (Å²) >= 11 is 2.40. The number of alkyl halides is 1. The van der Waals surface area contributed by atoms with Gasteiger partial charge in [-0.15, -0.1) is 12.4 Å². The van der Waals surface area contributed by atoms with Crippen molar-refractivity contribution in [2.75, 3.05) is 19.6 Å². The molecule has 0 aliphatic carbocycles. The predicted molar refractivity (Wildman–Crippen MR) is 124 cm³/mol. The predicted octanol–water partition coefficient (Wildman–Crippen LogP) is 4.63. The van der Waals surface area contributed by atoms with Crippen LogP contribution in [0.5, 0.6) is 0 Å². The smallest absolute Gasteiger partial charge is 0.261 e. The topological polar surface area (TPSA) is 66.7 Å². The number of aromatic nitrogens is 1. The van der Waals surface area contributed by atoms with E-state index in [9.17, 15) is 14.0 Å². The molecule has 1 saturated heterocycles. The number of carbonyl (C=O) groups is 2. The average Bonchev–Trinajstić information content (AvgIpc) is 3.27. The molecule has 1 aromatic heterocycles. The molecule has 0 N–H and O–H groups in total. The maximum absolute atomic E-state index is 13.4. The molecule has 9 heteroatoms. The fraction of sp³-hybridized carbons (Fsp3) is 0.318. The van der Waals surface area contributed by atoms with Gasteiger partial charge in [0.15, 0.2) is 5.58 Å². The van der Waals surface area contributed by atoms with Crippen LogP contribution in [-0.2, 0) is 0 Å². The molecule has 0 saturated carbocycles. The van der Waals surface area contributed by atoms with Crippen molar-refractivity contribution in [1.29, 1.82) is 0 Å². The van der Waals surface area contributed by atoms with E-state index in [1.165, 1.54) is 17.0 Å². The normalized spacial score (nSPS) is 21.4. The third-order valence-electron chi connectivity index (χ3n) is 5.98. The van der Waals surface area contributed by atoms with E-state index in [-0.39, 0.29) is 40.0 Å². The van der Waals surface area contributed by atoms with E-state index in [1.807, 2.05) is 0 Å². The van der Waals surface area contributed by atoms with Gasteiger partial charge in [0.1, 0.15) is 5.82 Å². The third kappa shape index (κ3) is 3.96. The van der Waals surface area contributed by atoms with E-state index in [1.54, 1.807) is 30.3 Å². The number of rotatable bonds is 4. The van der Waals surface area contributed by atoms with Crippen LogP contribution < -0.4 is 0 Å². The first-order valence-electron chi connectivity index (χ1n) is 9.91. The highest BCUT2D eigenvalue weighted by molar-refractivity contribution is 14.1. The zero-order valence-electron chi connectivity index (χ0n) is 16.5. The molecule has 31 heavy (non-hydrogen) atoms. The zero-order valence-corrected chi connectivity index (χ0v) is 19.4. The molecule has 0 bridgehead atoms. The number of hydrogen-bond acceptors (Lipinski definition) is 5. The van der Waals surface area contributed by atoms with E-state index >= 15 is 0 Å². The minimum absolute atomic E-state index is 0. The van der Waals surface area contributed by atoms with Crippen molar-refractivity contribution in [3.8, 4) is 0 Å². The van der Waals surface area contributed by atoms with Gasteiger partial charge in [0.05, 0.1) is 20.9 Å². The minimum Gasteiger partial charge on any atom is -0.356 e. The monoisotopic (exact) mass is 555 g/mol. The maximum atomic E-state index is 13.4. The van der Waals surface area contributed by atoms with E-state index in [4.69, 9.17) is 4.52 Å². The lowest BCUT2D eigenvalue weighted by atomic mass is 9.91. The molecular formula is C22H20ClFIN3O3. The first-order chi connectivity index (χ1) is 14.5. The van der Waals surface area contributed by atoms with Crippen molar-refractivity contribution in [2.45, 2.75) is 22.8 Å². The van der Waals surface area contributed by atoms with E-state index in [0.717, 1.165) is 30.5 Å². The highest BCUT2D eigenvalue weighted by atomic mass is 127. The van der Waals surface area contributed by atoms with Crippen LogP contribution in [0.25, 0.3) is 11.0 Å². The Morgan fingerprint density at radius 2 is 1.81 bits per heavy atom. The first-order valence-corrected chi connectivity index (χ1v) is 11.2. The van der Waals surface area contributed by atoms with Gasteiger partial charge in [0.2, 0.25) is 0 Å². The van der Waals surface area contributed by atoms with Crippen LogP contribution in [0.4, 0.5) is 4.39 Å². The molecule has 2 unspecified atom stereocenters. The summed E-state index contributed by atoms with van der Waals surface area (Å²) < 4.78 is 19.0. The number of amides is 2. The Hall–Kier alpha value is -2.04. The Morgan fingerprint density at radius 3 is 2.48 bits per heavy atom. The summed E-state index contributed by atoms with van der Waals surface area (Å²) in [5, 5.41) is 5.08. The molecule has 3 heterocycles. The van der Waals surface area contributed by atoms with Crippen LogP contribution in [-0.4, -0.2) is 50.5 Å². The summed E-state index contributed by atoms with van der Waals surface area (Å²) in [5.74, 6) is -0.525. The average molecular weight is 556 g/mol. The number of hydrogen-bond donors (Lipinski definition) is 0. The van der Waals surface area contributed by atoms with Crippen molar-refractivity contribution in [2.24, 2.45) is 0 Å². The standard InChI is InChI=1S/C22H19FIN3O3.ClH/c23-14-5-6-17-18(12-14)30-25-20(17)13-7-8-26(19(24)11-13)9-10-27-21(28)15-3-1-2-4-16(15)22(27)29;/h1-6,12-13,19H,7-11H2;1H.